The number of amides is 3. The van der Waals surface area contributed by atoms with Gasteiger partial charge in [0.05, 0.1) is 5.25 Å². The van der Waals surface area contributed by atoms with Gasteiger partial charge in [-0.2, -0.15) is 0 Å². The zero-order valence-corrected chi connectivity index (χ0v) is 16.5. The van der Waals surface area contributed by atoms with Crippen molar-refractivity contribution in [3.05, 3.63) is 24.3 Å². The highest BCUT2D eigenvalue weighted by Crippen LogP contribution is 2.28. The molecule has 1 fully saturated rings. The summed E-state index contributed by atoms with van der Waals surface area (Å²) in [6.07, 6.45) is 0. The summed E-state index contributed by atoms with van der Waals surface area (Å²) in [6, 6.07) is 7.58. The van der Waals surface area contributed by atoms with E-state index in [4.69, 9.17) is 4.42 Å². The number of carbonyl (C=O) groups excluding carboxylic acids is 2. The molecular weight excluding hydrogens is 366 g/mol. The van der Waals surface area contributed by atoms with Gasteiger partial charge < -0.3 is 14.6 Å². The molecule has 1 unspecified atom stereocenters. The molecule has 1 saturated heterocycles. The van der Waals surface area contributed by atoms with Crippen LogP contribution in [0.15, 0.2) is 33.9 Å². The van der Waals surface area contributed by atoms with Gasteiger partial charge in [-0.1, -0.05) is 11.8 Å². The highest BCUT2D eigenvalue weighted by molar-refractivity contribution is 8.00. The summed E-state index contributed by atoms with van der Waals surface area (Å²) in [5.74, 6) is 0.139. The maximum atomic E-state index is 12.3. The number of rotatable bonds is 7. The third kappa shape index (κ3) is 4.24. The van der Waals surface area contributed by atoms with Crippen molar-refractivity contribution in [1.29, 1.82) is 0 Å². The number of carbonyl (C=O) groups is 2. The van der Waals surface area contributed by atoms with Crippen LogP contribution in [0.4, 0.5) is 10.5 Å². The van der Waals surface area contributed by atoms with E-state index < -0.39 is 5.25 Å². The predicted octanol–water partition coefficient (Wildman–Crippen LogP) is 2.62. The van der Waals surface area contributed by atoms with Crippen LogP contribution in [0.1, 0.15) is 20.8 Å². The Kier molecular flexibility index (Phi) is 6.00. The molecule has 144 valence electrons. The van der Waals surface area contributed by atoms with Crippen molar-refractivity contribution < 1.29 is 14.0 Å². The van der Waals surface area contributed by atoms with Crippen LogP contribution in [-0.4, -0.2) is 58.5 Å². The minimum atomic E-state index is -0.493. The molecule has 2 heterocycles. The molecule has 1 atom stereocenters. The summed E-state index contributed by atoms with van der Waals surface area (Å²) in [7, 11) is 0. The summed E-state index contributed by atoms with van der Waals surface area (Å²) < 4.78 is 5.69. The van der Waals surface area contributed by atoms with Gasteiger partial charge in [0.2, 0.25) is 11.8 Å². The second kappa shape index (κ2) is 8.43. The molecule has 1 aliphatic heterocycles. The SMILES string of the molecule is CCN(CC)c1ccc(-c2nnc(SC(C)C(=O)N3CCNC3=O)o2)cc1. The number of aromatic nitrogens is 2. The van der Waals surface area contributed by atoms with Crippen LogP contribution in [0.2, 0.25) is 0 Å². The molecule has 27 heavy (non-hydrogen) atoms. The third-order valence-corrected chi connectivity index (χ3v) is 5.32. The lowest BCUT2D eigenvalue weighted by Gasteiger charge is -2.20. The standard InChI is InChI=1S/C18H23N5O3S/c1-4-22(5-2)14-8-6-13(7-9-14)15-20-21-18(26-15)27-12(3)16(24)23-11-10-19-17(23)25/h6-9,12H,4-5,10-11H2,1-3H3,(H,19,25). The molecule has 3 amide bonds. The lowest BCUT2D eigenvalue weighted by Crippen LogP contribution is -2.38. The summed E-state index contributed by atoms with van der Waals surface area (Å²) >= 11 is 1.15. The predicted molar refractivity (Wildman–Crippen MR) is 104 cm³/mol. The Morgan fingerprint density at radius 2 is 2.00 bits per heavy atom. The summed E-state index contributed by atoms with van der Waals surface area (Å²) in [4.78, 5) is 27.4. The first kappa shape index (κ1) is 19.2. The second-order valence-electron chi connectivity index (χ2n) is 6.07. The molecule has 8 nitrogen and oxygen atoms in total. The molecule has 1 aliphatic rings. The fourth-order valence-corrected chi connectivity index (χ4v) is 3.63. The fourth-order valence-electron chi connectivity index (χ4n) is 2.88. The maximum absolute atomic E-state index is 12.3. The number of anilines is 1. The fraction of sp³-hybridized carbons (Fsp3) is 0.444. The summed E-state index contributed by atoms with van der Waals surface area (Å²) in [5.41, 5.74) is 1.96. The first-order valence-corrected chi connectivity index (χ1v) is 9.86. The normalized spacial score (nSPS) is 14.9. The number of hydrogen-bond donors (Lipinski definition) is 1. The highest BCUT2D eigenvalue weighted by atomic mass is 32.2. The molecule has 1 aromatic carbocycles. The van der Waals surface area contributed by atoms with Crippen molar-refractivity contribution >= 4 is 29.4 Å². The molecule has 2 aromatic rings. The maximum Gasteiger partial charge on any atom is 0.324 e. The minimum Gasteiger partial charge on any atom is -0.411 e. The number of nitrogens with one attached hydrogen (secondary N) is 1. The Hall–Kier alpha value is -2.55. The molecule has 0 bridgehead atoms. The van der Waals surface area contributed by atoms with Gasteiger partial charge >= 0.3 is 6.03 Å². The van der Waals surface area contributed by atoms with Gasteiger partial charge in [-0.25, -0.2) is 4.79 Å². The first-order chi connectivity index (χ1) is 13.0. The van der Waals surface area contributed by atoms with Gasteiger partial charge in [-0.3, -0.25) is 9.69 Å². The van der Waals surface area contributed by atoms with E-state index in [0.717, 1.165) is 36.1 Å². The average molecular weight is 389 g/mol. The van der Waals surface area contributed by atoms with Crippen LogP contribution in [-0.2, 0) is 4.79 Å². The number of benzene rings is 1. The van der Waals surface area contributed by atoms with Gasteiger partial charge in [0.25, 0.3) is 5.22 Å². The minimum absolute atomic E-state index is 0.265. The zero-order chi connectivity index (χ0) is 19.4. The van der Waals surface area contributed by atoms with Crippen LogP contribution in [0, 0.1) is 0 Å². The van der Waals surface area contributed by atoms with Crippen LogP contribution >= 0.6 is 11.8 Å². The van der Waals surface area contributed by atoms with Gasteiger partial charge in [0.1, 0.15) is 0 Å². The number of urea groups is 1. The van der Waals surface area contributed by atoms with Crippen molar-refractivity contribution in [2.75, 3.05) is 31.1 Å². The Morgan fingerprint density at radius 1 is 1.30 bits per heavy atom. The largest absolute Gasteiger partial charge is 0.411 e. The van der Waals surface area contributed by atoms with E-state index in [1.54, 1.807) is 6.92 Å². The van der Waals surface area contributed by atoms with Crippen LogP contribution in [0.3, 0.4) is 0 Å². The third-order valence-electron chi connectivity index (χ3n) is 4.40. The highest BCUT2D eigenvalue weighted by Gasteiger charge is 2.31. The molecule has 1 N–H and O–H groups in total. The van der Waals surface area contributed by atoms with E-state index in [1.807, 2.05) is 24.3 Å². The van der Waals surface area contributed by atoms with Gasteiger partial charge in [-0.05, 0) is 45.0 Å². The summed E-state index contributed by atoms with van der Waals surface area (Å²) in [5, 5.41) is 10.5. The van der Waals surface area contributed by atoms with Crippen LogP contribution in [0.25, 0.3) is 11.5 Å². The topological polar surface area (TPSA) is 91.6 Å². The van der Waals surface area contributed by atoms with Crippen LogP contribution < -0.4 is 10.2 Å². The van der Waals surface area contributed by atoms with Crippen molar-refractivity contribution in [2.45, 2.75) is 31.2 Å². The second-order valence-corrected chi connectivity index (χ2v) is 7.37. The molecule has 1 aromatic heterocycles. The van der Waals surface area contributed by atoms with Gasteiger partial charge in [0.15, 0.2) is 0 Å². The number of imide groups is 1. The van der Waals surface area contributed by atoms with E-state index in [1.165, 1.54) is 4.90 Å². The first-order valence-electron chi connectivity index (χ1n) is 8.98. The molecule has 0 spiro atoms. The van der Waals surface area contributed by atoms with E-state index in [0.29, 0.717) is 24.2 Å². The molecule has 9 heteroatoms. The van der Waals surface area contributed by atoms with Crippen LogP contribution in [0.5, 0.6) is 0 Å². The van der Waals surface area contributed by atoms with E-state index in [-0.39, 0.29) is 11.9 Å². The Morgan fingerprint density at radius 3 is 2.59 bits per heavy atom. The van der Waals surface area contributed by atoms with Crippen molar-refractivity contribution in [2.24, 2.45) is 0 Å². The number of hydrogen-bond acceptors (Lipinski definition) is 7. The molecule has 0 aliphatic carbocycles. The quantitative estimate of drug-likeness (QED) is 0.728. The lowest BCUT2D eigenvalue weighted by atomic mass is 10.2. The smallest absolute Gasteiger partial charge is 0.324 e. The Balaban J connectivity index is 1.66. The number of thioether (sulfide) groups is 1. The summed E-state index contributed by atoms with van der Waals surface area (Å²) in [6.45, 7) is 8.71. The zero-order valence-electron chi connectivity index (χ0n) is 15.6. The van der Waals surface area contributed by atoms with E-state index in [2.05, 4.69) is 34.3 Å². The van der Waals surface area contributed by atoms with Crippen molar-refractivity contribution in [3.8, 4) is 11.5 Å². The molecule has 0 radical (unpaired) electrons. The van der Waals surface area contributed by atoms with E-state index in [9.17, 15) is 9.59 Å². The number of nitrogens with zero attached hydrogens (tertiary/aromatic N) is 4. The van der Waals surface area contributed by atoms with Gasteiger partial charge in [0, 0.05) is 37.4 Å². The average Bonchev–Trinajstić information content (AvgIpc) is 3.32. The van der Waals surface area contributed by atoms with Crippen molar-refractivity contribution in [3.63, 3.8) is 0 Å². The Labute approximate surface area is 162 Å². The molecule has 3 rings (SSSR count). The molecule has 0 saturated carbocycles. The van der Waals surface area contributed by atoms with Gasteiger partial charge in [-0.15, -0.1) is 10.2 Å². The van der Waals surface area contributed by atoms with E-state index >= 15 is 0 Å². The lowest BCUT2D eigenvalue weighted by molar-refractivity contribution is -0.126. The monoisotopic (exact) mass is 389 g/mol. The molecular formula is C18H23N5O3S. The Bertz CT molecular complexity index is 804. The van der Waals surface area contributed by atoms with Crippen molar-refractivity contribution in [1.82, 2.24) is 20.4 Å².